The lowest BCUT2D eigenvalue weighted by molar-refractivity contribution is -0.928. The van der Waals surface area contributed by atoms with Crippen LogP contribution in [0.15, 0.2) is 30.3 Å². The van der Waals surface area contributed by atoms with Crippen LogP contribution in [0.25, 0.3) is 0 Å². The first-order valence-corrected chi connectivity index (χ1v) is 5.98. The van der Waals surface area contributed by atoms with Crippen LogP contribution in [0, 0.1) is 0 Å². The molecule has 1 saturated heterocycles. The van der Waals surface area contributed by atoms with Crippen molar-refractivity contribution in [3.63, 3.8) is 0 Å². The zero-order valence-corrected chi connectivity index (χ0v) is 9.93. The van der Waals surface area contributed by atoms with Crippen LogP contribution in [0.2, 0.25) is 0 Å². The zero-order valence-electron chi connectivity index (χ0n) is 9.93. The van der Waals surface area contributed by atoms with E-state index in [-0.39, 0.29) is 6.10 Å². The summed E-state index contributed by atoms with van der Waals surface area (Å²) in [4.78, 5) is 12.5. The highest BCUT2D eigenvalue weighted by Crippen LogP contribution is 2.21. The Bertz CT molecular complexity index is 380. The van der Waals surface area contributed by atoms with E-state index < -0.39 is 12.0 Å². The Balaban J connectivity index is 2.28. The molecule has 2 N–H and O–H groups in total. The van der Waals surface area contributed by atoms with Gasteiger partial charge in [0.25, 0.3) is 0 Å². The predicted molar refractivity (Wildman–Crippen MR) is 62.9 cm³/mol. The first kappa shape index (κ1) is 12.1. The first-order valence-electron chi connectivity index (χ1n) is 5.98. The van der Waals surface area contributed by atoms with E-state index in [1.807, 2.05) is 37.3 Å². The quantitative estimate of drug-likeness (QED) is 0.783. The van der Waals surface area contributed by atoms with Crippen molar-refractivity contribution in [2.24, 2.45) is 0 Å². The highest BCUT2D eigenvalue weighted by Gasteiger charge is 2.41. The van der Waals surface area contributed by atoms with E-state index in [0.717, 1.165) is 23.6 Å². The minimum atomic E-state index is -0.782. The van der Waals surface area contributed by atoms with Crippen LogP contribution in [0.3, 0.4) is 0 Å². The van der Waals surface area contributed by atoms with Gasteiger partial charge in [0, 0.05) is 0 Å². The van der Waals surface area contributed by atoms with Gasteiger partial charge in [-0.1, -0.05) is 30.3 Å². The third-order valence-electron chi connectivity index (χ3n) is 3.31. The Labute approximate surface area is 101 Å². The number of carboxylic acids is 1. The predicted octanol–water partition coefficient (Wildman–Crippen LogP) is 0.116. The molecule has 0 bridgehead atoms. The smallest absolute Gasteiger partial charge is 0.365 e. The fourth-order valence-electron chi connectivity index (χ4n) is 2.41. The molecule has 1 aliphatic heterocycles. The molecule has 1 aromatic carbocycles. The first-order chi connectivity index (χ1) is 8.24. The molecule has 1 aliphatic rings. The second kappa shape index (κ2) is 5.29. The molecular formula is C13H18NO3+. The lowest BCUT2D eigenvalue weighted by Crippen LogP contribution is -3.18. The van der Waals surface area contributed by atoms with Crippen LogP contribution in [-0.4, -0.2) is 36.8 Å². The summed E-state index contributed by atoms with van der Waals surface area (Å²) in [5, 5.41) is 9.37. The van der Waals surface area contributed by atoms with Crippen molar-refractivity contribution in [3.8, 4) is 0 Å². The third kappa shape index (κ3) is 2.48. The van der Waals surface area contributed by atoms with Gasteiger partial charge >= 0.3 is 5.97 Å². The van der Waals surface area contributed by atoms with Gasteiger partial charge in [0.15, 0.2) is 0 Å². The van der Waals surface area contributed by atoms with Crippen molar-refractivity contribution in [2.45, 2.75) is 19.1 Å². The summed E-state index contributed by atoms with van der Waals surface area (Å²) in [5.41, 5.74) is 0.950. The molecule has 4 heteroatoms. The maximum Gasteiger partial charge on any atom is 0.365 e. The van der Waals surface area contributed by atoms with Crippen molar-refractivity contribution >= 4 is 5.97 Å². The molecule has 17 heavy (non-hydrogen) atoms. The fourth-order valence-corrected chi connectivity index (χ4v) is 2.41. The van der Waals surface area contributed by atoms with Crippen molar-refractivity contribution in [3.05, 3.63) is 35.9 Å². The Morgan fingerprint density at radius 1 is 1.47 bits per heavy atom. The summed E-state index contributed by atoms with van der Waals surface area (Å²) >= 11 is 0. The number of carbonyl (C=O) groups is 1. The van der Waals surface area contributed by atoms with Gasteiger partial charge in [-0.25, -0.2) is 4.79 Å². The van der Waals surface area contributed by atoms with Gasteiger partial charge in [0.05, 0.1) is 13.2 Å². The molecule has 0 amide bonds. The van der Waals surface area contributed by atoms with Gasteiger partial charge in [-0.15, -0.1) is 0 Å². The molecule has 92 valence electrons. The topological polar surface area (TPSA) is 51.0 Å². The number of ether oxygens (including phenoxy) is 1. The van der Waals surface area contributed by atoms with Crippen LogP contribution in [-0.2, 0) is 9.53 Å². The van der Waals surface area contributed by atoms with Gasteiger partial charge in [0.1, 0.15) is 12.6 Å². The minimum absolute atomic E-state index is 0.336. The number of hydrogen-bond acceptors (Lipinski definition) is 2. The van der Waals surface area contributed by atoms with Crippen molar-refractivity contribution in [2.75, 3.05) is 19.7 Å². The molecule has 0 spiro atoms. The number of hydrogen-bond donors (Lipinski definition) is 2. The molecule has 1 aromatic rings. The van der Waals surface area contributed by atoms with E-state index in [0.29, 0.717) is 6.61 Å². The van der Waals surface area contributed by atoms with E-state index in [9.17, 15) is 9.90 Å². The summed E-state index contributed by atoms with van der Waals surface area (Å²) in [6.45, 7) is 4.20. The van der Waals surface area contributed by atoms with Crippen LogP contribution in [0.1, 0.15) is 18.6 Å². The van der Waals surface area contributed by atoms with Crippen molar-refractivity contribution in [1.29, 1.82) is 0 Å². The van der Waals surface area contributed by atoms with Crippen LogP contribution in [0.5, 0.6) is 0 Å². The molecule has 1 heterocycles. The Morgan fingerprint density at radius 3 is 2.76 bits per heavy atom. The lowest BCUT2D eigenvalue weighted by Gasteiger charge is -2.35. The molecule has 2 rings (SSSR count). The van der Waals surface area contributed by atoms with Gasteiger partial charge in [-0.05, 0) is 12.5 Å². The van der Waals surface area contributed by atoms with E-state index in [2.05, 4.69) is 0 Å². The maximum atomic E-state index is 11.4. The van der Waals surface area contributed by atoms with Crippen LogP contribution in [0.4, 0.5) is 0 Å². The number of morpholine rings is 1. The normalized spacial score (nSPS) is 28.9. The van der Waals surface area contributed by atoms with Crippen molar-refractivity contribution in [1.82, 2.24) is 0 Å². The van der Waals surface area contributed by atoms with E-state index in [4.69, 9.17) is 4.74 Å². The van der Waals surface area contributed by atoms with Gasteiger partial charge in [0.2, 0.25) is 6.04 Å². The summed E-state index contributed by atoms with van der Waals surface area (Å²) in [5.74, 6) is -0.782. The Hall–Kier alpha value is -1.39. The number of nitrogens with one attached hydrogen (secondary N) is 1. The fraction of sp³-hybridized carbons (Fsp3) is 0.462. The van der Waals surface area contributed by atoms with Crippen LogP contribution < -0.4 is 4.90 Å². The van der Waals surface area contributed by atoms with Crippen LogP contribution >= 0.6 is 0 Å². The minimum Gasteiger partial charge on any atom is -0.477 e. The molecule has 0 radical (unpaired) electrons. The molecular weight excluding hydrogens is 218 g/mol. The molecule has 1 unspecified atom stereocenters. The second-order valence-corrected chi connectivity index (χ2v) is 4.28. The van der Waals surface area contributed by atoms with E-state index in [1.165, 1.54) is 0 Å². The average molecular weight is 236 g/mol. The standard InChI is InChI=1S/C13H17NO3/c1-2-14-8-9-17-12(11(14)13(15)16)10-6-4-3-5-7-10/h3-7,11-12H,2,8-9H2,1H3,(H,15,16)/p+1/t11-,12+/m1/s1. The number of carboxylic acid groups (broad SMARTS) is 1. The molecule has 4 nitrogen and oxygen atoms in total. The highest BCUT2D eigenvalue weighted by molar-refractivity contribution is 5.73. The van der Waals surface area contributed by atoms with E-state index in [1.54, 1.807) is 0 Å². The number of likely N-dealkylation sites (N-methyl/N-ethyl adjacent to an activating group) is 1. The monoisotopic (exact) mass is 236 g/mol. The number of rotatable bonds is 3. The Kier molecular flexibility index (Phi) is 3.76. The summed E-state index contributed by atoms with van der Waals surface area (Å²) < 4.78 is 5.67. The Morgan fingerprint density at radius 2 is 2.18 bits per heavy atom. The third-order valence-corrected chi connectivity index (χ3v) is 3.31. The second-order valence-electron chi connectivity index (χ2n) is 4.28. The summed E-state index contributed by atoms with van der Waals surface area (Å²) in [6.07, 6.45) is -0.336. The van der Waals surface area contributed by atoms with E-state index >= 15 is 0 Å². The lowest BCUT2D eigenvalue weighted by atomic mass is 9.99. The molecule has 0 aromatic heterocycles. The summed E-state index contributed by atoms with van der Waals surface area (Å²) in [7, 11) is 0. The summed E-state index contributed by atoms with van der Waals surface area (Å²) in [6, 6.07) is 9.11. The SMILES string of the molecule is CC[NH+]1CCO[C@@H](c2ccccc2)[C@@H]1C(=O)O. The number of benzene rings is 1. The highest BCUT2D eigenvalue weighted by atomic mass is 16.5. The van der Waals surface area contributed by atoms with Crippen molar-refractivity contribution < 1.29 is 19.5 Å². The molecule has 3 atom stereocenters. The molecule has 0 aliphatic carbocycles. The number of quaternary nitrogens is 1. The number of aliphatic carboxylic acids is 1. The average Bonchev–Trinajstić information content (AvgIpc) is 2.38. The molecule has 1 fully saturated rings. The largest absolute Gasteiger partial charge is 0.477 e. The molecule has 0 saturated carbocycles. The zero-order chi connectivity index (χ0) is 12.3. The van der Waals surface area contributed by atoms with Gasteiger partial charge in [-0.3, -0.25) is 0 Å². The maximum absolute atomic E-state index is 11.4. The van der Waals surface area contributed by atoms with Gasteiger partial charge < -0.3 is 14.7 Å². The van der Waals surface area contributed by atoms with Gasteiger partial charge in [-0.2, -0.15) is 0 Å².